The number of nitrogens with zero attached hydrogens (tertiary/aromatic N) is 2. The van der Waals surface area contributed by atoms with Crippen molar-refractivity contribution in [2.24, 2.45) is 0 Å². The number of hydrogen-bond donors (Lipinski definition) is 1. The van der Waals surface area contributed by atoms with E-state index >= 15 is 0 Å². The van der Waals surface area contributed by atoms with Crippen molar-refractivity contribution in [2.45, 2.75) is 39.3 Å². The summed E-state index contributed by atoms with van der Waals surface area (Å²) >= 11 is 0. The minimum atomic E-state index is -1.10. The Morgan fingerprint density at radius 1 is 1.22 bits per heavy atom. The molecule has 1 fully saturated rings. The average molecular weight is 366 g/mol. The highest BCUT2D eigenvalue weighted by atomic mass is 16.4. The number of amides is 1. The molecule has 0 spiro atoms. The molecule has 142 valence electrons. The van der Waals surface area contributed by atoms with Gasteiger partial charge in [-0.25, -0.2) is 0 Å². The van der Waals surface area contributed by atoms with Crippen LogP contribution in [-0.4, -0.2) is 47.2 Å². The third-order valence-corrected chi connectivity index (χ3v) is 4.65. The number of para-hydroxylation sites is 1. The largest absolute Gasteiger partial charge is 0.443 e. The van der Waals surface area contributed by atoms with Crippen LogP contribution < -0.4 is 4.90 Å². The van der Waals surface area contributed by atoms with Crippen LogP contribution in [0.25, 0.3) is 0 Å². The van der Waals surface area contributed by atoms with Crippen molar-refractivity contribution in [3.63, 3.8) is 0 Å². The molecule has 5 nitrogen and oxygen atoms in total. The highest BCUT2D eigenvalue weighted by Gasteiger charge is 2.30. The number of benzene rings is 1. The van der Waals surface area contributed by atoms with Gasteiger partial charge >= 0.3 is 0 Å². The molecule has 1 aromatic carbocycles. The first-order valence-corrected chi connectivity index (χ1v) is 9.21. The number of aliphatic hydroxyl groups is 1. The van der Waals surface area contributed by atoms with E-state index in [0.29, 0.717) is 12.3 Å². The predicted molar refractivity (Wildman–Crippen MR) is 106 cm³/mol. The number of carbonyl (C=O) groups excluding carboxylic acids is 1. The number of furan rings is 1. The van der Waals surface area contributed by atoms with E-state index in [1.807, 2.05) is 17.0 Å². The summed E-state index contributed by atoms with van der Waals surface area (Å²) in [5, 5.41) is 9.68. The summed E-state index contributed by atoms with van der Waals surface area (Å²) in [5.41, 5.74) is 1.36. The molecule has 3 rings (SSSR count). The second-order valence-corrected chi connectivity index (χ2v) is 7.55. The Labute approximate surface area is 160 Å². The second-order valence-electron chi connectivity index (χ2n) is 7.55. The van der Waals surface area contributed by atoms with Crippen LogP contribution in [-0.2, 0) is 0 Å². The Morgan fingerprint density at radius 3 is 2.63 bits per heavy atom. The monoisotopic (exact) mass is 366 g/mol. The zero-order valence-electron chi connectivity index (χ0n) is 16.3. The molecule has 1 unspecified atom stereocenters. The van der Waals surface area contributed by atoms with Crippen molar-refractivity contribution in [1.29, 1.82) is 0 Å². The van der Waals surface area contributed by atoms with Crippen LogP contribution >= 0.6 is 0 Å². The summed E-state index contributed by atoms with van der Waals surface area (Å²) in [6.45, 7) is 9.57. The molecule has 2 heterocycles. The number of hydrogen-bond acceptors (Lipinski definition) is 4. The summed E-state index contributed by atoms with van der Waals surface area (Å²) in [6.07, 6.45) is 0. The molecule has 1 N–H and O–H groups in total. The Morgan fingerprint density at radius 2 is 1.96 bits per heavy atom. The molecule has 1 aliphatic heterocycles. The van der Waals surface area contributed by atoms with Crippen LogP contribution in [0, 0.1) is 18.8 Å². The van der Waals surface area contributed by atoms with Crippen molar-refractivity contribution in [3.8, 4) is 11.8 Å². The molecule has 0 radical (unpaired) electrons. The molecule has 27 heavy (non-hydrogen) atoms. The van der Waals surface area contributed by atoms with Gasteiger partial charge in [0.15, 0.2) is 11.5 Å². The van der Waals surface area contributed by atoms with Gasteiger partial charge in [-0.1, -0.05) is 24.1 Å². The minimum absolute atomic E-state index is 0.0712. The topological polar surface area (TPSA) is 56.9 Å². The molecule has 2 aromatic rings. The van der Waals surface area contributed by atoms with Crippen molar-refractivity contribution < 1.29 is 14.3 Å². The van der Waals surface area contributed by atoms with Crippen molar-refractivity contribution >= 4 is 11.6 Å². The quantitative estimate of drug-likeness (QED) is 0.830. The van der Waals surface area contributed by atoms with E-state index in [0.717, 1.165) is 13.1 Å². The number of rotatable bonds is 2. The van der Waals surface area contributed by atoms with E-state index in [9.17, 15) is 9.90 Å². The third-order valence-electron chi connectivity index (χ3n) is 4.65. The van der Waals surface area contributed by atoms with Gasteiger partial charge in [-0.2, -0.15) is 0 Å². The number of carbonyl (C=O) groups is 1. The number of anilines is 1. The Bertz CT molecular complexity index is 883. The highest BCUT2D eigenvalue weighted by molar-refractivity contribution is 5.92. The average Bonchev–Trinajstić information content (AvgIpc) is 3.08. The van der Waals surface area contributed by atoms with E-state index in [2.05, 4.69) is 42.7 Å². The van der Waals surface area contributed by atoms with Crippen LogP contribution in [0.3, 0.4) is 0 Å². The number of piperazine rings is 1. The maximum absolute atomic E-state index is 12.9. The van der Waals surface area contributed by atoms with Gasteiger partial charge in [0.05, 0.1) is 0 Å². The standard InChI is InChI=1S/C22H26N2O3/c1-16-7-5-6-8-19(16)23-13-14-24(17(2)15-23)21(25)20-10-9-18(27-20)11-12-22(3,4)26/h5-10,17,26H,13-15H2,1-4H3. The first-order valence-electron chi connectivity index (χ1n) is 9.21. The van der Waals surface area contributed by atoms with E-state index in [-0.39, 0.29) is 17.7 Å². The van der Waals surface area contributed by atoms with Crippen LogP contribution in [0.15, 0.2) is 40.8 Å². The van der Waals surface area contributed by atoms with Gasteiger partial charge in [0.1, 0.15) is 5.60 Å². The molecule has 1 aliphatic rings. The highest BCUT2D eigenvalue weighted by Crippen LogP contribution is 2.24. The van der Waals surface area contributed by atoms with Gasteiger partial charge in [0.2, 0.25) is 0 Å². The molecule has 1 atom stereocenters. The maximum atomic E-state index is 12.9. The fraction of sp³-hybridized carbons (Fsp3) is 0.409. The second kappa shape index (κ2) is 7.50. The molecule has 0 aliphatic carbocycles. The summed E-state index contributed by atoms with van der Waals surface area (Å²) < 4.78 is 5.58. The molecule has 1 saturated heterocycles. The van der Waals surface area contributed by atoms with Crippen molar-refractivity contribution in [3.05, 3.63) is 53.5 Å². The van der Waals surface area contributed by atoms with Crippen molar-refractivity contribution in [2.75, 3.05) is 24.5 Å². The smallest absolute Gasteiger partial charge is 0.289 e. The molecule has 1 amide bonds. The van der Waals surface area contributed by atoms with Crippen LogP contribution in [0.5, 0.6) is 0 Å². The molecule has 0 bridgehead atoms. The predicted octanol–water partition coefficient (Wildman–Crippen LogP) is 3.06. The van der Waals surface area contributed by atoms with Gasteiger partial charge in [-0.05, 0) is 57.4 Å². The molecular weight excluding hydrogens is 340 g/mol. The Kier molecular flexibility index (Phi) is 5.29. The fourth-order valence-corrected chi connectivity index (χ4v) is 3.27. The minimum Gasteiger partial charge on any atom is -0.443 e. The van der Waals surface area contributed by atoms with Gasteiger partial charge in [0.25, 0.3) is 5.91 Å². The number of aryl methyl sites for hydroxylation is 1. The SMILES string of the molecule is Cc1ccccc1N1CCN(C(=O)c2ccc(C#CC(C)(C)O)o2)C(C)C1. The maximum Gasteiger partial charge on any atom is 0.289 e. The van der Waals surface area contributed by atoms with Crippen molar-refractivity contribution in [1.82, 2.24) is 4.90 Å². The summed E-state index contributed by atoms with van der Waals surface area (Å²) in [7, 11) is 0. The molecular formula is C22H26N2O3. The third kappa shape index (κ3) is 4.53. The Balaban J connectivity index is 1.69. The Hall–Kier alpha value is -2.71. The fourth-order valence-electron chi connectivity index (χ4n) is 3.27. The molecule has 5 heteroatoms. The zero-order valence-corrected chi connectivity index (χ0v) is 16.3. The molecule has 1 aromatic heterocycles. The van der Waals surface area contributed by atoms with E-state index < -0.39 is 5.60 Å². The van der Waals surface area contributed by atoms with Gasteiger partial charge in [0, 0.05) is 31.4 Å². The normalized spacial score (nSPS) is 17.4. The van der Waals surface area contributed by atoms with E-state index in [1.54, 1.807) is 26.0 Å². The summed E-state index contributed by atoms with van der Waals surface area (Å²) in [4.78, 5) is 17.0. The lowest BCUT2D eigenvalue weighted by Gasteiger charge is -2.41. The van der Waals surface area contributed by atoms with Crippen LogP contribution in [0.4, 0.5) is 5.69 Å². The first-order chi connectivity index (χ1) is 12.7. The zero-order chi connectivity index (χ0) is 19.6. The summed E-state index contributed by atoms with van der Waals surface area (Å²) in [6, 6.07) is 11.7. The van der Waals surface area contributed by atoms with Crippen LogP contribution in [0.1, 0.15) is 42.6 Å². The van der Waals surface area contributed by atoms with Gasteiger partial charge in [-0.3, -0.25) is 4.79 Å². The lowest BCUT2D eigenvalue weighted by Crippen LogP contribution is -2.54. The lowest BCUT2D eigenvalue weighted by molar-refractivity contribution is 0.0641. The lowest BCUT2D eigenvalue weighted by atomic mass is 10.1. The summed E-state index contributed by atoms with van der Waals surface area (Å²) in [5.74, 6) is 5.99. The van der Waals surface area contributed by atoms with Gasteiger partial charge < -0.3 is 19.3 Å². The molecule has 0 saturated carbocycles. The van der Waals surface area contributed by atoms with Crippen LogP contribution in [0.2, 0.25) is 0 Å². The van der Waals surface area contributed by atoms with Gasteiger partial charge in [-0.15, -0.1) is 0 Å². The first kappa shape index (κ1) is 19.1. The van der Waals surface area contributed by atoms with E-state index in [4.69, 9.17) is 4.42 Å². The van der Waals surface area contributed by atoms with E-state index in [1.165, 1.54) is 11.3 Å².